The molecule has 2 aromatic rings. The lowest BCUT2D eigenvalue weighted by Crippen LogP contribution is -2.62. The van der Waals surface area contributed by atoms with E-state index in [2.05, 4.69) is 15.9 Å². The molecule has 0 spiro atoms. The number of Topliss-reactive ketones (excluding diaryl/α,β-unsaturated/α-hetero) is 1. The number of aliphatic hydroxyl groups excluding tert-OH is 2. The summed E-state index contributed by atoms with van der Waals surface area (Å²) in [5.41, 5.74) is 1.35. The van der Waals surface area contributed by atoms with Crippen LogP contribution in [0.5, 0.6) is 5.75 Å². The smallest absolute Gasteiger partial charge is 0.229 e. The van der Waals surface area contributed by atoms with Crippen LogP contribution in [0.4, 0.5) is 0 Å². The molecule has 2 heterocycles. The first kappa shape index (κ1) is 20.5. The van der Waals surface area contributed by atoms with E-state index in [0.717, 1.165) is 10.0 Å². The Hall–Kier alpha value is -1.81. The minimum atomic E-state index is -1.31. The molecule has 2 fully saturated rings. The summed E-state index contributed by atoms with van der Waals surface area (Å²) < 4.78 is 24.0. The molecular weight excluding hydrogens is 444 g/mol. The van der Waals surface area contributed by atoms with E-state index in [0.29, 0.717) is 11.3 Å². The third-order valence-corrected chi connectivity index (χ3v) is 5.46. The van der Waals surface area contributed by atoms with Crippen LogP contribution in [0.25, 0.3) is 0 Å². The fourth-order valence-corrected chi connectivity index (χ4v) is 3.82. The highest BCUT2D eigenvalue weighted by Gasteiger charge is 2.49. The summed E-state index contributed by atoms with van der Waals surface area (Å²) in [7, 11) is 0. The van der Waals surface area contributed by atoms with Crippen molar-refractivity contribution in [2.24, 2.45) is 0 Å². The summed E-state index contributed by atoms with van der Waals surface area (Å²) in [6.07, 6.45) is -5.65. The van der Waals surface area contributed by atoms with Crippen molar-refractivity contribution < 1.29 is 34.0 Å². The van der Waals surface area contributed by atoms with Crippen molar-refractivity contribution in [3.8, 4) is 5.75 Å². The Morgan fingerprint density at radius 2 is 1.86 bits per heavy atom. The normalized spacial score (nSPS) is 31.7. The number of hydrogen-bond acceptors (Lipinski definition) is 7. The monoisotopic (exact) mass is 464 g/mol. The van der Waals surface area contributed by atoms with Crippen molar-refractivity contribution in [1.29, 1.82) is 0 Å². The van der Waals surface area contributed by atoms with Gasteiger partial charge in [0, 0.05) is 15.6 Å². The van der Waals surface area contributed by atoms with Gasteiger partial charge in [-0.3, -0.25) is 4.79 Å². The molecular formula is C21H21BrO7. The van der Waals surface area contributed by atoms with Crippen LogP contribution in [0.15, 0.2) is 53.0 Å². The second-order valence-electron chi connectivity index (χ2n) is 7.04. The molecule has 4 rings (SSSR count). The summed E-state index contributed by atoms with van der Waals surface area (Å²) in [5, 5.41) is 21.1. The number of halogens is 1. The molecule has 29 heavy (non-hydrogen) atoms. The fourth-order valence-electron chi connectivity index (χ4n) is 3.40. The van der Waals surface area contributed by atoms with Crippen LogP contribution >= 0.6 is 15.9 Å². The lowest BCUT2D eigenvalue weighted by molar-refractivity contribution is -0.350. The molecule has 0 saturated carbocycles. The number of carbonyl (C=O) groups excluding carboxylic acids is 1. The second-order valence-corrected chi connectivity index (χ2v) is 7.96. The Morgan fingerprint density at radius 3 is 2.55 bits per heavy atom. The Bertz CT molecular complexity index is 870. The van der Waals surface area contributed by atoms with Gasteiger partial charge in [-0.05, 0) is 43.3 Å². The molecule has 8 heteroatoms. The third-order valence-electron chi connectivity index (χ3n) is 4.97. The Kier molecular flexibility index (Phi) is 6.00. The van der Waals surface area contributed by atoms with Crippen LogP contribution in [0, 0.1) is 0 Å². The molecule has 0 aromatic heterocycles. The minimum absolute atomic E-state index is 0.0553. The molecule has 6 atom stereocenters. The maximum absolute atomic E-state index is 11.4. The van der Waals surface area contributed by atoms with Crippen LogP contribution < -0.4 is 4.74 Å². The predicted octanol–water partition coefficient (Wildman–Crippen LogP) is 2.59. The average Bonchev–Trinajstić information content (AvgIpc) is 2.72. The number of fused-ring (bicyclic) bond motifs is 1. The highest BCUT2D eigenvalue weighted by Crippen LogP contribution is 2.35. The molecule has 0 aliphatic carbocycles. The van der Waals surface area contributed by atoms with Gasteiger partial charge in [0.25, 0.3) is 0 Å². The number of carbonyl (C=O) groups is 1. The maximum Gasteiger partial charge on any atom is 0.229 e. The number of rotatable bonds is 4. The quantitative estimate of drug-likeness (QED) is 0.671. The van der Waals surface area contributed by atoms with Crippen molar-refractivity contribution in [3.63, 3.8) is 0 Å². The summed E-state index contributed by atoms with van der Waals surface area (Å²) in [5.74, 6) is 0.356. The lowest BCUT2D eigenvalue weighted by Gasteiger charge is -2.46. The van der Waals surface area contributed by atoms with E-state index < -0.39 is 37.0 Å². The molecule has 2 aromatic carbocycles. The predicted molar refractivity (Wildman–Crippen MR) is 105 cm³/mol. The van der Waals surface area contributed by atoms with E-state index in [1.807, 2.05) is 24.3 Å². The molecule has 0 unspecified atom stereocenters. The fraction of sp³-hybridized carbons (Fsp3) is 0.381. The molecule has 154 valence electrons. The zero-order chi connectivity index (χ0) is 20.5. The summed E-state index contributed by atoms with van der Waals surface area (Å²) in [6, 6.07) is 14.0. The molecule has 0 bridgehead atoms. The van der Waals surface area contributed by atoms with Crippen molar-refractivity contribution in [3.05, 3.63) is 64.1 Å². The van der Waals surface area contributed by atoms with Gasteiger partial charge in [-0.25, -0.2) is 0 Å². The van der Waals surface area contributed by atoms with Gasteiger partial charge in [0.05, 0.1) is 6.61 Å². The van der Waals surface area contributed by atoms with Crippen molar-refractivity contribution in [2.45, 2.75) is 43.9 Å². The number of ketones is 1. The van der Waals surface area contributed by atoms with E-state index in [1.54, 1.807) is 24.3 Å². The van der Waals surface area contributed by atoms with Crippen LogP contribution in [-0.2, 0) is 14.2 Å². The van der Waals surface area contributed by atoms with Gasteiger partial charge in [-0.15, -0.1) is 0 Å². The highest BCUT2D eigenvalue weighted by atomic mass is 79.9. The summed E-state index contributed by atoms with van der Waals surface area (Å²) in [6.45, 7) is 1.65. The topological polar surface area (TPSA) is 94.5 Å². The minimum Gasteiger partial charge on any atom is -0.462 e. The summed E-state index contributed by atoms with van der Waals surface area (Å²) in [4.78, 5) is 11.4. The second kappa shape index (κ2) is 8.51. The van der Waals surface area contributed by atoms with Gasteiger partial charge in [0.1, 0.15) is 30.2 Å². The number of ether oxygens (including phenoxy) is 4. The first-order valence-corrected chi connectivity index (χ1v) is 10.0. The number of hydrogen-bond donors (Lipinski definition) is 2. The Balaban J connectivity index is 1.44. The molecule has 2 saturated heterocycles. The van der Waals surface area contributed by atoms with Gasteiger partial charge in [0.15, 0.2) is 12.1 Å². The zero-order valence-electron chi connectivity index (χ0n) is 15.6. The maximum atomic E-state index is 11.4. The summed E-state index contributed by atoms with van der Waals surface area (Å²) >= 11 is 3.41. The third kappa shape index (κ3) is 4.37. The van der Waals surface area contributed by atoms with E-state index in [9.17, 15) is 15.0 Å². The Morgan fingerprint density at radius 1 is 1.10 bits per heavy atom. The Labute approximate surface area is 176 Å². The highest BCUT2D eigenvalue weighted by molar-refractivity contribution is 9.10. The number of aliphatic hydroxyl groups is 2. The first-order valence-electron chi connectivity index (χ1n) is 9.24. The molecule has 0 amide bonds. The van der Waals surface area contributed by atoms with Gasteiger partial charge < -0.3 is 29.2 Å². The van der Waals surface area contributed by atoms with Crippen LogP contribution in [-0.4, -0.2) is 53.3 Å². The van der Waals surface area contributed by atoms with Gasteiger partial charge in [0.2, 0.25) is 6.29 Å². The van der Waals surface area contributed by atoms with Crippen LogP contribution in [0.2, 0.25) is 0 Å². The van der Waals surface area contributed by atoms with Crippen LogP contribution in [0.3, 0.4) is 0 Å². The molecule has 0 radical (unpaired) electrons. The standard InChI is InChI=1S/C21H21BrO7/c1-11(23)12-5-7-15(8-6-12)27-21-18(25)17(24)19-16(28-21)10-26-20(29-19)13-3-2-4-14(22)9-13/h2-9,16-21,24-25H,10H2,1H3/t16-,17-,18-,19+,20+,21-/m1/s1. The van der Waals surface area contributed by atoms with E-state index >= 15 is 0 Å². The van der Waals surface area contributed by atoms with E-state index in [4.69, 9.17) is 18.9 Å². The van der Waals surface area contributed by atoms with Gasteiger partial charge in [-0.2, -0.15) is 0 Å². The van der Waals surface area contributed by atoms with Crippen molar-refractivity contribution in [2.75, 3.05) is 6.61 Å². The molecule has 2 aliphatic rings. The van der Waals surface area contributed by atoms with E-state index in [1.165, 1.54) is 6.92 Å². The first-order chi connectivity index (χ1) is 13.9. The average molecular weight is 465 g/mol. The molecule has 2 aliphatic heterocycles. The zero-order valence-corrected chi connectivity index (χ0v) is 17.2. The van der Waals surface area contributed by atoms with Crippen LogP contribution in [0.1, 0.15) is 29.1 Å². The van der Waals surface area contributed by atoms with E-state index in [-0.39, 0.29) is 12.4 Å². The largest absolute Gasteiger partial charge is 0.462 e. The lowest BCUT2D eigenvalue weighted by atomic mass is 9.98. The van der Waals surface area contributed by atoms with Gasteiger partial charge >= 0.3 is 0 Å². The SMILES string of the molecule is CC(=O)c1ccc(O[C@@H]2O[C@@H]3CO[C@H](c4cccc(Br)c4)O[C@@H]3[C@H](O)[C@H]2O)cc1. The molecule has 7 nitrogen and oxygen atoms in total. The number of benzene rings is 2. The van der Waals surface area contributed by atoms with Gasteiger partial charge in [-0.1, -0.05) is 28.1 Å². The molecule has 2 N–H and O–H groups in total. The van der Waals surface area contributed by atoms with Crippen molar-refractivity contribution >= 4 is 21.7 Å². The van der Waals surface area contributed by atoms with Crippen molar-refractivity contribution in [1.82, 2.24) is 0 Å².